The highest BCUT2D eigenvalue weighted by atomic mass is 16.3. The minimum Gasteiger partial charge on any atom is -0.508 e. The predicted molar refractivity (Wildman–Crippen MR) is 49.1 cm³/mol. The Balaban J connectivity index is 3.23. The molecule has 0 radical (unpaired) electrons. The van der Waals surface area contributed by atoms with Gasteiger partial charge in [0, 0.05) is 12.5 Å². The van der Waals surface area contributed by atoms with Crippen LogP contribution in [0.2, 0.25) is 0 Å². The van der Waals surface area contributed by atoms with E-state index in [1.165, 1.54) is 12.1 Å². The topological polar surface area (TPSA) is 57.5 Å². The van der Waals surface area contributed by atoms with Crippen molar-refractivity contribution in [2.75, 3.05) is 0 Å². The summed E-state index contributed by atoms with van der Waals surface area (Å²) in [5.74, 6) is -0.277. The summed E-state index contributed by atoms with van der Waals surface area (Å²) in [6.07, 6.45) is 0.345. The monoisotopic (exact) mass is 180 g/mol. The zero-order valence-electron chi connectivity index (χ0n) is 7.66. The van der Waals surface area contributed by atoms with Gasteiger partial charge in [0.15, 0.2) is 5.78 Å². The van der Waals surface area contributed by atoms with Crippen molar-refractivity contribution < 1.29 is 15.0 Å². The van der Waals surface area contributed by atoms with Gasteiger partial charge in [0.1, 0.15) is 11.5 Å². The van der Waals surface area contributed by atoms with E-state index in [0.29, 0.717) is 12.0 Å². The Kier molecular flexibility index (Phi) is 2.56. The Morgan fingerprint density at radius 2 is 1.92 bits per heavy atom. The lowest BCUT2D eigenvalue weighted by Crippen LogP contribution is -1.97. The van der Waals surface area contributed by atoms with Gasteiger partial charge in [-0.3, -0.25) is 4.79 Å². The van der Waals surface area contributed by atoms with Crippen LogP contribution in [0, 0.1) is 6.92 Å². The molecule has 0 aromatic heterocycles. The molecule has 70 valence electrons. The molecule has 3 nitrogen and oxygen atoms in total. The Labute approximate surface area is 76.6 Å². The summed E-state index contributed by atoms with van der Waals surface area (Å²) in [4.78, 5) is 11.3. The molecule has 0 fully saturated rings. The van der Waals surface area contributed by atoms with Gasteiger partial charge in [-0.2, -0.15) is 0 Å². The number of hydrogen-bond acceptors (Lipinski definition) is 3. The first-order chi connectivity index (χ1) is 6.06. The molecular formula is C10H12O3. The van der Waals surface area contributed by atoms with E-state index in [0.717, 1.165) is 0 Å². The first kappa shape index (κ1) is 9.58. The number of carbonyl (C=O) groups is 1. The highest BCUT2D eigenvalue weighted by Gasteiger charge is 2.11. The lowest BCUT2D eigenvalue weighted by atomic mass is 10.0. The van der Waals surface area contributed by atoms with Crippen molar-refractivity contribution >= 4 is 5.78 Å². The number of benzene rings is 1. The smallest absolute Gasteiger partial charge is 0.166 e. The quantitative estimate of drug-likeness (QED) is 0.684. The molecule has 0 heterocycles. The Morgan fingerprint density at radius 3 is 2.46 bits per heavy atom. The number of carbonyl (C=O) groups excluding carboxylic acids is 1. The van der Waals surface area contributed by atoms with E-state index < -0.39 is 0 Å². The Morgan fingerprint density at radius 1 is 1.31 bits per heavy atom. The average molecular weight is 180 g/mol. The van der Waals surface area contributed by atoms with E-state index in [9.17, 15) is 15.0 Å². The SMILES string of the molecule is CCC(=O)c1cc(C)c(O)cc1O. The van der Waals surface area contributed by atoms with Crippen LogP contribution in [-0.2, 0) is 0 Å². The molecule has 0 saturated heterocycles. The molecular weight excluding hydrogens is 168 g/mol. The van der Waals surface area contributed by atoms with E-state index in [4.69, 9.17) is 0 Å². The van der Waals surface area contributed by atoms with Gasteiger partial charge < -0.3 is 10.2 Å². The number of hydrogen-bond donors (Lipinski definition) is 2. The molecule has 0 aliphatic rings. The number of Topliss-reactive ketones (excluding diaryl/α,β-unsaturated/α-hetero) is 1. The van der Waals surface area contributed by atoms with Crippen LogP contribution in [0.15, 0.2) is 12.1 Å². The molecule has 1 aromatic rings. The normalized spacial score (nSPS) is 10.0. The van der Waals surface area contributed by atoms with Crippen LogP contribution < -0.4 is 0 Å². The summed E-state index contributed by atoms with van der Waals surface area (Å²) in [5, 5.41) is 18.5. The fourth-order valence-electron chi connectivity index (χ4n) is 1.10. The zero-order chi connectivity index (χ0) is 10.0. The molecule has 0 atom stereocenters. The number of aryl methyl sites for hydroxylation is 1. The molecule has 0 spiro atoms. The lowest BCUT2D eigenvalue weighted by molar-refractivity contribution is 0.0985. The Bertz CT molecular complexity index is 342. The predicted octanol–water partition coefficient (Wildman–Crippen LogP) is 2.00. The molecule has 0 aliphatic carbocycles. The molecule has 2 N–H and O–H groups in total. The van der Waals surface area contributed by atoms with Crippen molar-refractivity contribution in [2.45, 2.75) is 20.3 Å². The summed E-state index contributed by atoms with van der Waals surface area (Å²) >= 11 is 0. The van der Waals surface area contributed by atoms with E-state index in [2.05, 4.69) is 0 Å². The third kappa shape index (κ3) is 1.80. The average Bonchev–Trinajstić information content (AvgIpc) is 2.10. The van der Waals surface area contributed by atoms with Gasteiger partial charge in [0.05, 0.1) is 5.56 Å². The standard InChI is InChI=1S/C10H12O3/c1-3-8(11)7-4-6(2)9(12)5-10(7)13/h4-5,12-13H,3H2,1-2H3. The highest BCUT2D eigenvalue weighted by Crippen LogP contribution is 2.27. The van der Waals surface area contributed by atoms with Crippen LogP contribution in [-0.4, -0.2) is 16.0 Å². The van der Waals surface area contributed by atoms with Gasteiger partial charge in [-0.25, -0.2) is 0 Å². The highest BCUT2D eigenvalue weighted by molar-refractivity contribution is 5.98. The second-order valence-electron chi connectivity index (χ2n) is 2.93. The maximum absolute atomic E-state index is 11.3. The second kappa shape index (κ2) is 3.47. The Hall–Kier alpha value is -1.51. The van der Waals surface area contributed by atoms with E-state index in [1.54, 1.807) is 13.8 Å². The number of phenols is 2. The summed E-state index contributed by atoms with van der Waals surface area (Å²) in [6.45, 7) is 3.41. The van der Waals surface area contributed by atoms with Crippen LogP contribution in [0.25, 0.3) is 0 Å². The third-order valence-corrected chi connectivity index (χ3v) is 1.94. The third-order valence-electron chi connectivity index (χ3n) is 1.94. The van der Waals surface area contributed by atoms with Gasteiger partial charge in [0.2, 0.25) is 0 Å². The number of phenolic OH excluding ortho intramolecular Hbond substituents is 2. The van der Waals surface area contributed by atoms with Gasteiger partial charge in [-0.05, 0) is 18.6 Å². The minimum atomic E-state index is -0.157. The van der Waals surface area contributed by atoms with E-state index in [1.807, 2.05) is 0 Å². The van der Waals surface area contributed by atoms with Gasteiger partial charge in [-0.1, -0.05) is 6.92 Å². The van der Waals surface area contributed by atoms with Gasteiger partial charge in [-0.15, -0.1) is 0 Å². The van der Waals surface area contributed by atoms with Crippen LogP contribution in [0.1, 0.15) is 29.3 Å². The first-order valence-corrected chi connectivity index (χ1v) is 4.12. The largest absolute Gasteiger partial charge is 0.508 e. The maximum Gasteiger partial charge on any atom is 0.166 e. The maximum atomic E-state index is 11.3. The second-order valence-corrected chi connectivity index (χ2v) is 2.93. The van der Waals surface area contributed by atoms with Crippen LogP contribution in [0.4, 0.5) is 0 Å². The molecule has 1 aromatic carbocycles. The molecule has 0 saturated carbocycles. The zero-order valence-corrected chi connectivity index (χ0v) is 7.66. The summed E-state index contributed by atoms with van der Waals surface area (Å²) in [7, 11) is 0. The van der Waals surface area contributed by atoms with E-state index >= 15 is 0 Å². The van der Waals surface area contributed by atoms with Crippen molar-refractivity contribution in [3.05, 3.63) is 23.3 Å². The van der Waals surface area contributed by atoms with Crippen molar-refractivity contribution in [2.24, 2.45) is 0 Å². The van der Waals surface area contributed by atoms with Crippen LogP contribution in [0.3, 0.4) is 0 Å². The minimum absolute atomic E-state index is 0.00477. The number of ketones is 1. The fraction of sp³-hybridized carbons (Fsp3) is 0.300. The summed E-state index contributed by atoms with van der Waals surface area (Å²) in [5.41, 5.74) is 0.868. The molecule has 3 heteroatoms. The van der Waals surface area contributed by atoms with Crippen molar-refractivity contribution in [3.63, 3.8) is 0 Å². The number of aromatic hydroxyl groups is 2. The molecule has 13 heavy (non-hydrogen) atoms. The molecule has 0 aliphatic heterocycles. The van der Waals surface area contributed by atoms with Crippen molar-refractivity contribution in [1.82, 2.24) is 0 Å². The van der Waals surface area contributed by atoms with Crippen LogP contribution in [0.5, 0.6) is 11.5 Å². The summed E-state index contributed by atoms with van der Waals surface area (Å²) in [6, 6.07) is 2.69. The number of rotatable bonds is 2. The first-order valence-electron chi connectivity index (χ1n) is 4.12. The molecule has 0 unspecified atom stereocenters. The molecule has 0 amide bonds. The fourth-order valence-corrected chi connectivity index (χ4v) is 1.10. The van der Waals surface area contributed by atoms with Gasteiger partial charge in [0.25, 0.3) is 0 Å². The van der Waals surface area contributed by atoms with Crippen molar-refractivity contribution in [3.8, 4) is 11.5 Å². The lowest BCUT2D eigenvalue weighted by Gasteiger charge is -2.05. The molecule has 1 rings (SSSR count). The van der Waals surface area contributed by atoms with Gasteiger partial charge >= 0.3 is 0 Å². The van der Waals surface area contributed by atoms with Crippen LogP contribution >= 0.6 is 0 Å². The summed E-state index contributed by atoms with van der Waals surface area (Å²) < 4.78 is 0. The van der Waals surface area contributed by atoms with E-state index in [-0.39, 0.29) is 22.8 Å². The van der Waals surface area contributed by atoms with Crippen molar-refractivity contribution in [1.29, 1.82) is 0 Å². The molecule has 0 bridgehead atoms.